The van der Waals surface area contributed by atoms with Gasteiger partial charge in [-0.15, -0.1) is 0 Å². The first-order chi connectivity index (χ1) is 17.2. The molecule has 0 bridgehead atoms. The van der Waals surface area contributed by atoms with E-state index in [1.165, 1.54) is 11.8 Å². The molecule has 0 spiro atoms. The molecular formula is C26H33N3O7. The van der Waals surface area contributed by atoms with Crippen LogP contribution < -0.4 is 0 Å². The fraction of sp³-hybridized carbons (Fsp3) is 0.577. The molecule has 10 heteroatoms. The minimum absolute atomic E-state index is 0.0808. The van der Waals surface area contributed by atoms with Crippen LogP contribution in [-0.4, -0.2) is 77.2 Å². The van der Waals surface area contributed by atoms with Crippen LogP contribution in [-0.2, 0) is 19.1 Å². The molecule has 2 saturated heterocycles. The molecule has 0 radical (unpaired) electrons. The molecule has 2 fully saturated rings. The van der Waals surface area contributed by atoms with Crippen LogP contribution in [0.2, 0.25) is 0 Å². The lowest BCUT2D eigenvalue weighted by molar-refractivity contribution is -0.211. The molecule has 10 nitrogen and oxygen atoms in total. The second kappa shape index (κ2) is 12.5. The predicted molar refractivity (Wildman–Crippen MR) is 128 cm³/mol. The highest BCUT2D eigenvalue weighted by molar-refractivity contribution is 5.98. The van der Waals surface area contributed by atoms with E-state index in [1.807, 2.05) is 6.07 Å². The van der Waals surface area contributed by atoms with Crippen LogP contribution in [0.25, 0.3) is 0 Å². The van der Waals surface area contributed by atoms with E-state index in [1.54, 1.807) is 36.1 Å². The summed E-state index contributed by atoms with van der Waals surface area (Å²) in [6.45, 7) is 4.64. The molecule has 3 rings (SSSR count). The van der Waals surface area contributed by atoms with E-state index in [0.717, 1.165) is 0 Å². The van der Waals surface area contributed by atoms with Gasteiger partial charge < -0.3 is 24.4 Å². The zero-order valence-electron chi connectivity index (χ0n) is 20.7. The Labute approximate surface area is 210 Å². The largest absolute Gasteiger partial charge is 0.465 e. The number of hydrogen-bond donors (Lipinski definition) is 1. The van der Waals surface area contributed by atoms with E-state index in [4.69, 9.17) is 14.7 Å². The third kappa shape index (κ3) is 7.28. The summed E-state index contributed by atoms with van der Waals surface area (Å²) in [6, 6.07) is 8.38. The smallest absolute Gasteiger partial charge is 0.407 e. The molecule has 2 amide bonds. The summed E-state index contributed by atoms with van der Waals surface area (Å²) >= 11 is 0. The molecule has 3 atom stereocenters. The van der Waals surface area contributed by atoms with Crippen molar-refractivity contribution in [3.05, 3.63) is 35.4 Å². The van der Waals surface area contributed by atoms with E-state index >= 15 is 0 Å². The molecule has 0 aliphatic carbocycles. The predicted octanol–water partition coefficient (Wildman–Crippen LogP) is 3.05. The number of nitriles is 1. The lowest BCUT2D eigenvalue weighted by Gasteiger charge is -2.38. The Morgan fingerprint density at radius 2 is 1.75 bits per heavy atom. The second-order valence-electron chi connectivity index (χ2n) is 9.49. The van der Waals surface area contributed by atoms with Gasteiger partial charge in [0.05, 0.1) is 17.7 Å². The van der Waals surface area contributed by atoms with E-state index in [2.05, 4.69) is 0 Å². The number of likely N-dealkylation sites (tertiary alicyclic amines) is 2. The highest BCUT2D eigenvalue weighted by atomic mass is 16.7. The standard InChI is InChI=1S/C26H33N3O7/c1-17(14-23(31)20-7-5-19(15-27)6-8-20)24(32)28-12-9-22(10-13-28)36-25(35-18(2)30)21-4-3-11-29(16-21)26(33)34/h5-8,17,21-22,25H,3-4,9-14,16H2,1-2H3,(H,33,34)/t17-,21+,25?/m1/s1. The topological polar surface area (TPSA) is 137 Å². The average Bonchev–Trinajstić information content (AvgIpc) is 2.88. The first-order valence-electron chi connectivity index (χ1n) is 12.3. The summed E-state index contributed by atoms with van der Waals surface area (Å²) in [5, 5.41) is 18.2. The summed E-state index contributed by atoms with van der Waals surface area (Å²) in [5.74, 6) is -1.46. The molecule has 1 aromatic carbocycles. The number of benzene rings is 1. The number of esters is 1. The third-order valence-corrected chi connectivity index (χ3v) is 6.72. The van der Waals surface area contributed by atoms with Crippen LogP contribution in [0.5, 0.6) is 0 Å². The number of carboxylic acid groups (broad SMARTS) is 1. The summed E-state index contributed by atoms with van der Waals surface area (Å²) in [7, 11) is 0. The quantitative estimate of drug-likeness (QED) is 0.327. The number of ether oxygens (including phenoxy) is 2. The number of Topliss-reactive ketones (excluding diaryl/α,β-unsaturated/α-hetero) is 1. The number of amides is 2. The molecule has 2 aliphatic rings. The number of rotatable bonds is 8. The van der Waals surface area contributed by atoms with Crippen molar-refractivity contribution in [2.45, 2.75) is 58.3 Å². The van der Waals surface area contributed by atoms with Crippen molar-refractivity contribution in [3.8, 4) is 6.07 Å². The monoisotopic (exact) mass is 499 g/mol. The molecule has 2 heterocycles. The van der Waals surface area contributed by atoms with Gasteiger partial charge in [0.1, 0.15) is 0 Å². The van der Waals surface area contributed by atoms with Crippen LogP contribution in [0, 0.1) is 23.2 Å². The number of hydrogen-bond acceptors (Lipinski definition) is 7. The van der Waals surface area contributed by atoms with Crippen LogP contribution >= 0.6 is 0 Å². The molecule has 0 saturated carbocycles. The van der Waals surface area contributed by atoms with Gasteiger partial charge in [-0.1, -0.05) is 19.1 Å². The van der Waals surface area contributed by atoms with Gasteiger partial charge >= 0.3 is 12.1 Å². The average molecular weight is 500 g/mol. The van der Waals surface area contributed by atoms with Gasteiger partial charge in [-0.25, -0.2) is 4.79 Å². The fourth-order valence-corrected chi connectivity index (χ4v) is 4.73. The zero-order valence-corrected chi connectivity index (χ0v) is 20.7. The van der Waals surface area contributed by atoms with Crippen LogP contribution in [0.4, 0.5) is 4.79 Å². The number of nitrogens with zero attached hydrogens (tertiary/aromatic N) is 3. The van der Waals surface area contributed by atoms with E-state index in [0.29, 0.717) is 56.4 Å². The van der Waals surface area contributed by atoms with Gasteiger partial charge in [0, 0.05) is 56.9 Å². The van der Waals surface area contributed by atoms with Gasteiger partial charge in [-0.05, 0) is 37.8 Å². The van der Waals surface area contributed by atoms with Gasteiger partial charge in [0.2, 0.25) is 12.2 Å². The maximum atomic E-state index is 12.9. The summed E-state index contributed by atoms with van der Waals surface area (Å²) in [5.41, 5.74) is 0.945. The summed E-state index contributed by atoms with van der Waals surface area (Å²) in [6.07, 6.45) is 0.491. The molecular weight excluding hydrogens is 466 g/mol. The maximum Gasteiger partial charge on any atom is 0.407 e. The Bertz CT molecular complexity index is 996. The SMILES string of the molecule is CC(=O)OC(OC1CCN(C(=O)[C@H](C)CC(=O)c2ccc(C#N)cc2)CC1)[C@H]1CCCN(C(=O)O)C1. The molecule has 36 heavy (non-hydrogen) atoms. The highest BCUT2D eigenvalue weighted by Crippen LogP contribution is 2.27. The Morgan fingerprint density at radius 1 is 1.08 bits per heavy atom. The van der Waals surface area contributed by atoms with E-state index < -0.39 is 24.3 Å². The van der Waals surface area contributed by atoms with Gasteiger partial charge in [-0.2, -0.15) is 5.26 Å². The van der Waals surface area contributed by atoms with E-state index in [-0.39, 0.29) is 36.7 Å². The Kier molecular flexibility index (Phi) is 9.42. The zero-order chi connectivity index (χ0) is 26.2. The minimum atomic E-state index is -1.00. The van der Waals surface area contributed by atoms with Crippen molar-refractivity contribution in [3.63, 3.8) is 0 Å². The minimum Gasteiger partial charge on any atom is -0.465 e. The van der Waals surface area contributed by atoms with Crippen LogP contribution in [0.1, 0.15) is 61.9 Å². The third-order valence-electron chi connectivity index (χ3n) is 6.72. The Balaban J connectivity index is 1.51. The molecule has 194 valence electrons. The van der Waals surface area contributed by atoms with Crippen LogP contribution in [0.15, 0.2) is 24.3 Å². The van der Waals surface area contributed by atoms with Crippen molar-refractivity contribution >= 4 is 23.8 Å². The molecule has 2 aliphatic heterocycles. The van der Waals surface area contributed by atoms with Crippen molar-refractivity contribution in [2.24, 2.45) is 11.8 Å². The van der Waals surface area contributed by atoms with Crippen molar-refractivity contribution in [1.29, 1.82) is 5.26 Å². The fourth-order valence-electron chi connectivity index (χ4n) is 4.73. The Morgan fingerprint density at radius 3 is 2.33 bits per heavy atom. The first-order valence-corrected chi connectivity index (χ1v) is 12.3. The second-order valence-corrected chi connectivity index (χ2v) is 9.49. The Hall–Kier alpha value is -3.45. The van der Waals surface area contributed by atoms with Crippen molar-refractivity contribution < 1.29 is 33.8 Å². The van der Waals surface area contributed by atoms with Crippen LogP contribution in [0.3, 0.4) is 0 Å². The summed E-state index contributed by atoms with van der Waals surface area (Å²) in [4.78, 5) is 51.6. The highest BCUT2D eigenvalue weighted by Gasteiger charge is 2.35. The molecule has 0 aromatic heterocycles. The molecule has 1 aromatic rings. The lowest BCUT2D eigenvalue weighted by Crippen LogP contribution is -2.48. The van der Waals surface area contributed by atoms with E-state index in [9.17, 15) is 24.3 Å². The first kappa shape index (κ1) is 27.1. The molecule has 1 unspecified atom stereocenters. The number of piperidine rings is 2. The molecule has 1 N–H and O–H groups in total. The number of carbonyl (C=O) groups is 4. The van der Waals surface area contributed by atoms with Gasteiger partial charge in [-0.3, -0.25) is 14.4 Å². The van der Waals surface area contributed by atoms with Gasteiger partial charge in [0.15, 0.2) is 5.78 Å². The number of carbonyl (C=O) groups excluding carboxylic acids is 3. The normalized spacial score (nSPS) is 20.2. The maximum absolute atomic E-state index is 12.9. The van der Waals surface area contributed by atoms with Gasteiger partial charge in [0.25, 0.3) is 0 Å². The summed E-state index contributed by atoms with van der Waals surface area (Å²) < 4.78 is 11.5. The van der Waals surface area contributed by atoms with Crippen molar-refractivity contribution in [2.75, 3.05) is 26.2 Å². The number of ketones is 1. The lowest BCUT2D eigenvalue weighted by atomic mass is 9.96. The van der Waals surface area contributed by atoms with Crippen molar-refractivity contribution in [1.82, 2.24) is 9.80 Å².